The molecule has 4 unspecified atom stereocenters. The zero-order chi connectivity index (χ0) is 20.9. The zero-order valence-electron chi connectivity index (χ0n) is 18.4. The molecule has 28 heavy (non-hydrogen) atoms. The van der Waals surface area contributed by atoms with Crippen molar-refractivity contribution in [3.05, 3.63) is 0 Å². The smallest absolute Gasteiger partial charge is 0.311 e. The minimum Gasteiger partial charge on any atom is -0.465 e. The molecule has 6 heteroatoms. The van der Waals surface area contributed by atoms with Gasteiger partial charge in [-0.05, 0) is 80.1 Å². The van der Waals surface area contributed by atoms with Crippen molar-refractivity contribution in [3.8, 4) is 0 Å². The van der Waals surface area contributed by atoms with Gasteiger partial charge in [0.15, 0.2) is 0 Å². The van der Waals surface area contributed by atoms with Crippen molar-refractivity contribution in [1.82, 2.24) is 0 Å². The Kier molecular flexibility index (Phi) is 7.91. The molecule has 0 aliphatic carbocycles. The summed E-state index contributed by atoms with van der Waals surface area (Å²) in [5.41, 5.74) is -0.874. The van der Waals surface area contributed by atoms with Gasteiger partial charge in [-0.2, -0.15) is 0 Å². The van der Waals surface area contributed by atoms with E-state index in [1.165, 1.54) is 0 Å². The van der Waals surface area contributed by atoms with E-state index >= 15 is 0 Å². The number of epoxide rings is 2. The maximum atomic E-state index is 11.7. The summed E-state index contributed by atoms with van der Waals surface area (Å²) in [6, 6.07) is 0. The first kappa shape index (κ1) is 23.1. The summed E-state index contributed by atoms with van der Waals surface area (Å²) in [6.45, 7) is 12.1. The van der Waals surface area contributed by atoms with Crippen molar-refractivity contribution in [1.29, 1.82) is 0 Å². The van der Waals surface area contributed by atoms with Gasteiger partial charge in [0.05, 0.1) is 48.5 Å². The summed E-state index contributed by atoms with van der Waals surface area (Å²) in [7, 11) is 0. The van der Waals surface area contributed by atoms with Crippen LogP contribution in [0.5, 0.6) is 0 Å². The minimum absolute atomic E-state index is 0.147. The molecule has 0 saturated carbocycles. The van der Waals surface area contributed by atoms with Crippen LogP contribution < -0.4 is 0 Å². The lowest BCUT2D eigenvalue weighted by Gasteiger charge is -2.16. The maximum Gasteiger partial charge on any atom is 0.311 e. The monoisotopic (exact) mass is 398 g/mol. The number of esters is 2. The number of hydrogen-bond acceptors (Lipinski definition) is 6. The summed E-state index contributed by atoms with van der Waals surface area (Å²) in [5.74, 6) is -0.295. The van der Waals surface area contributed by atoms with E-state index in [0.717, 1.165) is 38.5 Å². The van der Waals surface area contributed by atoms with E-state index in [9.17, 15) is 9.59 Å². The molecule has 0 radical (unpaired) electrons. The highest BCUT2D eigenvalue weighted by molar-refractivity contribution is 5.75. The molecule has 4 atom stereocenters. The summed E-state index contributed by atoms with van der Waals surface area (Å²) >= 11 is 0. The number of carbonyl (C=O) groups excluding carboxylic acids is 2. The summed E-state index contributed by atoms with van der Waals surface area (Å²) in [5, 5.41) is 0. The SMILES string of the molecule is CC(C)(C)C(=O)OCCCC1OC1CCC1OC1CCCOC(=O)C(C)(C)C. The van der Waals surface area contributed by atoms with Crippen LogP contribution in [-0.4, -0.2) is 49.6 Å². The van der Waals surface area contributed by atoms with E-state index in [4.69, 9.17) is 18.9 Å². The molecule has 0 aromatic heterocycles. The van der Waals surface area contributed by atoms with E-state index < -0.39 is 10.8 Å². The fourth-order valence-electron chi connectivity index (χ4n) is 3.03. The van der Waals surface area contributed by atoms with Gasteiger partial charge in [0.1, 0.15) is 0 Å². The highest BCUT2D eigenvalue weighted by Crippen LogP contribution is 2.36. The van der Waals surface area contributed by atoms with Crippen LogP contribution in [0.2, 0.25) is 0 Å². The van der Waals surface area contributed by atoms with Crippen LogP contribution >= 0.6 is 0 Å². The fraction of sp³-hybridized carbons (Fsp3) is 0.909. The normalized spacial score (nSPS) is 26.6. The Hall–Kier alpha value is -1.14. The Bertz CT molecular complexity index is 482. The van der Waals surface area contributed by atoms with Gasteiger partial charge in [0.25, 0.3) is 0 Å². The van der Waals surface area contributed by atoms with E-state index in [0.29, 0.717) is 37.6 Å². The maximum absolute atomic E-state index is 11.7. The Morgan fingerprint density at radius 1 is 0.643 bits per heavy atom. The molecule has 162 valence electrons. The predicted octanol–water partition coefficient (Wildman–Crippen LogP) is 4.04. The summed E-state index contributed by atoms with van der Waals surface area (Å²) in [4.78, 5) is 23.4. The molecule has 6 nitrogen and oxygen atoms in total. The first-order chi connectivity index (χ1) is 13.0. The van der Waals surface area contributed by atoms with Crippen LogP contribution in [-0.2, 0) is 28.5 Å². The lowest BCUT2D eigenvalue weighted by Crippen LogP contribution is -2.23. The number of rotatable bonds is 11. The largest absolute Gasteiger partial charge is 0.465 e. The zero-order valence-corrected chi connectivity index (χ0v) is 18.4. The van der Waals surface area contributed by atoms with Gasteiger partial charge >= 0.3 is 11.9 Å². The molecule has 2 fully saturated rings. The van der Waals surface area contributed by atoms with Crippen LogP contribution in [0.25, 0.3) is 0 Å². The van der Waals surface area contributed by atoms with Crippen molar-refractivity contribution in [2.75, 3.05) is 13.2 Å². The second kappa shape index (κ2) is 9.57. The van der Waals surface area contributed by atoms with Crippen LogP contribution in [0.4, 0.5) is 0 Å². The molecule has 0 aromatic carbocycles. The molecule has 2 aliphatic rings. The molecule has 2 aliphatic heterocycles. The Morgan fingerprint density at radius 2 is 0.964 bits per heavy atom. The van der Waals surface area contributed by atoms with Crippen molar-refractivity contribution in [3.63, 3.8) is 0 Å². The third-order valence-electron chi connectivity index (χ3n) is 5.07. The van der Waals surface area contributed by atoms with Crippen LogP contribution in [0.15, 0.2) is 0 Å². The molecule has 0 amide bonds. The summed E-state index contributed by atoms with van der Waals surface area (Å²) < 4.78 is 22.0. The lowest BCUT2D eigenvalue weighted by molar-refractivity contribution is -0.153. The number of ether oxygens (including phenoxy) is 4. The van der Waals surface area contributed by atoms with Gasteiger partial charge in [-0.1, -0.05) is 0 Å². The lowest BCUT2D eigenvalue weighted by atomic mass is 9.97. The van der Waals surface area contributed by atoms with Crippen LogP contribution in [0, 0.1) is 10.8 Å². The minimum atomic E-state index is -0.437. The molecule has 2 rings (SSSR count). The Labute approximate surface area is 169 Å². The van der Waals surface area contributed by atoms with E-state index in [-0.39, 0.29) is 11.9 Å². The van der Waals surface area contributed by atoms with Crippen molar-refractivity contribution in [2.45, 2.75) is 104 Å². The van der Waals surface area contributed by atoms with Gasteiger partial charge in [0, 0.05) is 0 Å². The van der Waals surface area contributed by atoms with Gasteiger partial charge in [-0.3, -0.25) is 9.59 Å². The van der Waals surface area contributed by atoms with Crippen molar-refractivity contribution >= 4 is 11.9 Å². The summed E-state index contributed by atoms with van der Waals surface area (Å²) in [6.07, 6.45) is 6.89. The molecule has 2 saturated heterocycles. The average Bonchev–Trinajstić information content (AvgIpc) is 3.48. The first-order valence-electron chi connectivity index (χ1n) is 10.6. The second-order valence-electron chi connectivity index (χ2n) is 10.1. The number of hydrogen-bond donors (Lipinski definition) is 0. The Morgan fingerprint density at radius 3 is 1.29 bits per heavy atom. The molecule has 0 bridgehead atoms. The standard InChI is InChI=1S/C22H38O6/c1-21(2,3)19(23)25-13-7-9-15-17(27-15)11-12-18-16(28-18)10-8-14-26-20(24)22(4,5)6/h15-18H,7-14H2,1-6H3. The molecule has 0 spiro atoms. The topological polar surface area (TPSA) is 77.7 Å². The van der Waals surface area contributed by atoms with Gasteiger partial charge in [-0.25, -0.2) is 0 Å². The van der Waals surface area contributed by atoms with Crippen LogP contribution in [0.3, 0.4) is 0 Å². The molecule has 0 N–H and O–H groups in total. The van der Waals surface area contributed by atoms with E-state index in [2.05, 4.69) is 0 Å². The second-order valence-corrected chi connectivity index (χ2v) is 10.1. The quantitative estimate of drug-likeness (QED) is 0.297. The molecular weight excluding hydrogens is 360 g/mol. The van der Waals surface area contributed by atoms with E-state index in [1.54, 1.807) is 0 Å². The Balaban J connectivity index is 1.42. The van der Waals surface area contributed by atoms with Gasteiger partial charge in [-0.15, -0.1) is 0 Å². The molecule has 0 aromatic rings. The third-order valence-corrected chi connectivity index (χ3v) is 5.07. The highest BCUT2D eigenvalue weighted by Gasteiger charge is 2.43. The number of carbonyl (C=O) groups is 2. The first-order valence-corrected chi connectivity index (χ1v) is 10.6. The van der Waals surface area contributed by atoms with Gasteiger partial charge < -0.3 is 18.9 Å². The average molecular weight is 399 g/mol. The van der Waals surface area contributed by atoms with Crippen LogP contribution in [0.1, 0.15) is 80.1 Å². The third kappa shape index (κ3) is 8.08. The molecule has 2 heterocycles. The van der Waals surface area contributed by atoms with Crippen molar-refractivity contribution < 1.29 is 28.5 Å². The predicted molar refractivity (Wildman–Crippen MR) is 106 cm³/mol. The fourth-order valence-corrected chi connectivity index (χ4v) is 3.03. The molecular formula is C22H38O6. The highest BCUT2D eigenvalue weighted by atomic mass is 16.6. The van der Waals surface area contributed by atoms with Crippen molar-refractivity contribution in [2.24, 2.45) is 10.8 Å². The van der Waals surface area contributed by atoms with Gasteiger partial charge in [0.2, 0.25) is 0 Å². The van der Waals surface area contributed by atoms with E-state index in [1.807, 2.05) is 41.5 Å².